The molecule has 1 aromatic rings. The van der Waals surface area contributed by atoms with E-state index in [1.54, 1.807) is 7.11 Å². The summed E-state index contributed by atoms with van der Waals surface area (Å²) < 4.78 is 5.00. The van der Waals surface area contributed by atoms with Crippen molar-refractivity contribution in [2.45, 2.75) is 33.1 Å². The van der Waals surface area contributed by atoms with E-state index >= 15 is 0 Å². The molecule has 0 saturated heterocycles. The maximum atomic E-state index is 5.86. The fraction of sp³-hybridized carbons (Fsp3) is 0.533. The summed E-state index contributed by atoms with van der Waals surface area (Å²) in [6, 6.07) is 6.26. The van der Waals surface area contributed by atoms with Crippen molar-refractivity contribution < 1.29 is 4.74 Å². The third-order valence-corrected chi connectivity index (χ3v) is 2.78. The molecule has 0 radical (unpaired) electrons. The quantitative estimate of drug-likeness (QED) is 0.324. The van der Waals surface area contributed by atoms with E-state index in [9.17, 15) is 0 Å². The molecule has 1 rings (SSSR count). The molecule has 0 spiro atoms. The Bertz CT molecular complexity index is 401. The van der Waals surface area contributed by atoms with Gasteiger partial charge in [-0.1, -0.05) is 6.07 Å². The first-order valence-corrected chi connectivity index (χ1v) is 6.76. The van der Waals surface area contributed by atoms with E-state index < -0.39 is 0 Å². The van der Waals surface area contributed by atoms with E-state index in [0.717, 1.165) is 38.1 Å². The SMILES string of the molecule is COCCCCCN=C(N)Nc1cc(C)cc(C)c1.I. The highest BCUT2D eigenvalue weighted by molar-refractivity contribution is 14.0. The molecule has 4 nitrogen and oxygen atoms in total. The number of aliphatic imine (C=N–C) groups is 1. The number of halogens is 1. The molecule has 0 aromatic heterocycles. The van der Waals surface area contributed by atoms with Crippen LogP contribution in [0.3, 0.4) is 0 Å². The number of nitrogens with one attached hydrogen (secondary N) is 1. The molecule has 0 aliphatic rings. The highest BCUT2D eigenvalue weighted by atomic mass is 127. The molecule has 0 amide bonds. The van der Waals surface area contributed by atoms with Gasteiger partial charge in [0.15, 0.2) is 5.96 Å². The summed E-state index contributed by atoms with van der Waals surface area (Å²) >= 11 is 0. The Morgan fingerprint density at radius 1 is 1.15 bits per heavy atom. The average molecular weight is 391 g/mol. The molecule has 1 aromatic carbocycles. The van der Waals surface area contributed by atoms with Gasteiger partial charge in [-0.3, -0.25) is 4.99 Å². The van der Waals surface area contributed by atoms with Crippen LogP contribution >= 0.6 is 24.0 Å². The highest BCUT2D eigenvalue weighted by Gasteiger charge is 1.97. The van der Waals surface area contributed by atoms with Crippen molar-refractivity contribution in [3.05, 3.63) is 29.3 Å². The van der Waals surface area contributed by atoms with Crippen LogP contribution in [0.2, 0.25) is 0 Å². The van der Waals surface area contributed by atoms with Crippen LogP contribution in [0.15, 0.2) is 23.2 Å². The minimum Gasteiger partial charge on any atom is -0.385 e. The normalized spacial score (nSPS) is 11.1. The lowest BCUT2D eigenvalue weighted by atomic mass is 10.1. The van der Waals surface area contributed by atoms with Gasteiger partial charge in [0.1, 0.15) is 0 Å². The number of ether oxygens (including phenoxy) is 1. The second-order valence-corrected chi connectivity index (χ2v) is 4.82. The maximum Gasteiger partial charge on any atom is 0.193 e. The standard InChI is InChI=1S/C15H25N3O.HI/c1-12-9-13(2)11-14(10-12)18-15(16)17-7-5-4-6-8-19-3;/h9-11H,4-8H2,1-3H3,(H3,16,17,18);1H. The van der Waals surface area contributed by atoms with Crippen LogP contribution in [0.5, 0.6) is 0 Å². The van der Waals surface area contributed by atoms with E-state index in [4.69, 9.17) is 10.5 Å². The lowest BCUT2D eigenvalue weighted by Crippen LogP contribution is -2.23. The van der Waals surface area contributed by atoms with Crippen LogP contribution in [-0.2, 0) is 4.74 Å². The summed E-state index contributed by atoms with van der Waals surface area (Å²) in [6.07, 6.45) is 3.24. The largest absolute Gasteiger partial charge is 0.385 e. The Morgan fingerprint density at radius 2 is 1.80 bits per heavy atom. The number of nitrogens with two attached hydrogens (primary N) is 1. The van der Waals surface area contributed by atoms with Gasteiger partial charge in [0.25, 0.3) is 0 Å². The van der Waals surface area contributed by atoms with Crippen molar-refractivity contribution in [1.29, 1.82) is 0 Å². The van der Waals surface area contributed by atoms with Crippen molar-refractivity contribution in [3.8, 4) is 0 Å². The molecule has 0 bridgehead atoms. The number of unbranched alkanes of at least 4 members (excludes halogenated alkanes) is 2. The van der Waals surface area contributed by atoms with Crippen molar-refractivity contribution in [2.75, 3.05) is 25.6 Å². The number of methoxy groups -OCH3 is 1. The predicted octanol–water partition coefficient (Wildman–Crippen LogP) is 3.46. The summed E-state index contributed by atoms with van der Waals surface area (Å²) in [5.74, 6) is 0.483. The lowest BCUT2D eigenvalue weighted by Gasteiger charge is -2.08. The smallest absolute Gasteiger partial charge is 0.193 e. The Kier molecular flexibility index (Phi) is 10.5. The fourth-order valence-corrected chi connectivity index (χ4v) is 1.97. The monoisotopic (exact) mass is 391 g/mol. The number of nitrogens with zero attached hydrogens (tertiary/aromatic N) is 1. The Morgan fingerprint density at radius 3 is 2.40 bits per heavy atom. The first-order valence-electron chi connectivity index (χ1n) is 6.76. The van der Waals surface area contributed by atoms with Crippen LogP contribution in [-0.4, -0.2) is 26.2 Å². The molecule has 0 unspecified atom stereocenters. The van der Waals surface area contributed by atoms with Crippen LogP contribution in [0.4, 0.5) is 5.69 Å². The van der Waals surface area contributed by atoms with E-state index in [1.165, 1.54) is 11.1 Å². The molecule has 0 aliphatic heterocycles. The van der Waals surface area contributed by atoms with Gasteiger partial charge in [-0.05, 0) is 56.4 Å². The zero-order valence-electron chi connectivity index (χ0n) is 12.6. The maximum absolute atomic E-state index is 5.86. The minimum absolute atomic E-state index is 0. The Hall–Kier alpha value is -0.820. The van der Waals surface area contributed by atoms with Crippen LogP contribution in [0.25, 0.3) is 0 Å². The van der Waals surface area contributed by atoms with Crippen molar-refractivity contribution in [2.24, 2.45) is 10.7 Å². The number of aryl methyl sites for hydroxylation is 2. The van der Waals surface area contributed by atoms with Gasteiger partial charge in [0, 0.05) is 25.9 Å². The van der Waals surface area contributed by atoms with Gasteiger partial charge >= 0.3 is 0 Å². The molecule has 3 N–H and O–H groups in total. The molecule has 0 fully saturated rings. The molecule has 114 valence electrons. The summed E-state index contributed by atoms with van der Waals surface area (Å²) in [4.78, 5) is 4.32. The topological polar surface area (TPSA) is 59.6 Å². The summed E-state index contributed by atoms with van der Waals surface area (Å²) in [7, 11) is 1.73. The second-order valence-electron chi connectivity index (χ2n) is 4.82. The Balaban J connectivity index is 0.00000361. The summed E-state index contributed by atoms with van der Waals surface area (Å²) in [5.41, 5.74) is 9.29. The Labute approximate surface area is 139 Å². The highest BCUT2D eigenvalue weighted by Crippen LogP contribution is 2.13. The number of benzene rings is 1. The first kappa shape index (κ1) is 19.2. The van der Waals surface area contributed by atoms with Gasteiger partial charge < -0.3 is 15.8 Å². The van der Waals surface area contributed by atoms with E-state index in [0.29, 0.717) is 5.96 Å². The number of hydrogen-bond acceptors (Lipinski definition) is 2. The number of hydrogen-bond donors (Lipinski definition) is 2. The summed E-state index contributed by atoms with van der Waals surface area (Å²) in [6.45, 7) is 5.72. The van der Waals surface area contributed by atoms with Gasteiger partial charge in [-0.2, -0.15) is 0 Å². The van der Waals surface area contributed by atoms with Crippen LogP contribution in [0, 0.1) is 13.8 Å². The third-order valence-electron chi connectivity index (χ3n) is 2.78. The zero-order valence-corrected chi connectivity index (χ0v) is 14.9. The third kappa shape index (κ3) is 8.37. The van der Waals surface area contributed by atoms with Gasteiger partial charge in [0.2, 0.25) is 0 Å². The average Bonchev–Trinajstić information content (AvgIpc) is 2.32. The summed E-state index contributed by atoms with van der Waals surface area (Å²) in [5, 5.41) is 3.13. The van der Waals surface area contributed by atoms with Gasteiger partial charge in [0.05, 0.1) is 0 Å². The number of rotatable bonds is 7. The predicted molar refractivity (Wildman–Crippen MR) is 97.2 cm³/mol. The van der Waals surface area contributed by atoms with E-state index in [1.807, 2.05) is 0 Å². The number of guanidine groups is 1. The van der Waals surface area contributed by atoms with E-state index in [2.05, 4.69) is 42.4 Å². The molecule has 20 heavy (non-hydrogen) atoms. The molecule has 0 heterocycles. The molecule has 0 saturated carbocycles. The van der Waals surface area contributed by atoms with Crippen LogP contribution in [0.1, 0.15) is 30.4 Å². The van der Waals surface area contributed by atoms with Crippen molar-refractivity contribution in [3.63, 3.8) is 0 Å². The van der Waals surface area contributed by atoms with E-state index in [-0.39, 0.29) is 24.0 Å². The van der Waals surface area contributed by atoms with Crippen molar-refractivity contribution in [1.82, 2.24) is 0 Å². The van der Waals surface area contributed by atoms with Gasteiger partial charge in [-0.25, -0.2) is 0 Å². The first-order chi connectivity index (χ1) is 9.11. The molecular formula is C15H26IN3O. The molecule has 0 atom stereocenters. The lowest BCUT2D eigenvalue weighted by molar-refractivity contribution is 0.192. The molecule has 0 aliphatic carbocycles. The number of anilines is 1. The van der Waals surface area contributed by atoms with Crippen molar-refractivity contribution >= 4 is 35.6 Å². The fourth-order valence-electron chi connectivity index (χ4n) is 1.97. The molecule has 5 heteroatoms. The molecular weight excluding hydrogens is 365 g/mol. The van der Waals surface area contributed by atoms with Gasteiger partial charge in [-0.15, -0.1) is 24.0 Å². The second kappa shape index (κ2) is 10.9. The minimum atomic E-state index is 0. The van der Waals surface area contributed by atoms with Crippen LogP contribution < -0.4 is 11.1 Å². The zero-order chi connectivity index (χ0) is 14.1.